The third-order valence-electron chi connectivity index (χ3n) is 5.56. The van der Waals surface area contributed by atoms with E-state index in [2.05, 4.69) is 9.97 Å². The van der Waals surface area contributed by atoms with Gasteiger partial charge in [0.05, 0.1) is 18.4 Å². The van der Waals surface area contributed by atoms with Crippen LogP contribution in [-0.4, -0.2) is 59.2 Å². The summed E-state index contributed by atoms with van der Waals surface area (Å²) in [5.74, 6) is 0.378. The molecule has 9 nitrogen and oxygen atoms in total. The highest BCUT2D eigenvalue weighted by molar-refractivity contribution is 5.97. The molecule has 2 N–H and O–H groups in total. The van der Waals surface area contributed by atoms with Crippen LogP contribution in [0.4, 0.5) is 15.0 Å². The quantitative estimate of drug-likeness (QED) is 0.642. The van der Waals surface area contributed by atoms with Gasteiger partial charge >= 0.3 is 6.09 Å². The summed E-state index contributed by atoms with van der Waals surface area (Å²) in [6, 6.07) is 3.82. The maximum Gasteiger partial charge on any atom is 0.404 e. The molecule has 33 heavy (non-hydrogen) atoms. The van der Waals surface area contributed by atoms with Gasteiger partial charge in [0.15, 0.2) is 11.6 Å². The van der Waals surface area contributed by atoms with E-state index in [9.17, 15) is 14.0 Å². The van der Waals surface area contributed by atoms with Crippen LogP contribution in [0.5, 0.6) is 11.5 Å². The molecule has 1 atom stereocenters. The van der Waals surface area contributed by atoms with Gasteiger partial charge in [0, 0.05) is 31.6 Å². The van der Waals surface area contributed by atoms with Gasteiger partial charge in [0.2, 0.25) is 0 Å². The van der Waals surface area contributed by atoms with Gasteiger partial charge in [-0.3, -0.25) is 4.79 Å². The first-order valence-corrected chi connectivity index (χ1v) is 11.1. The van der Waals surface area contributed by atoms with E-state index in [0.29, 0.717) is 24.7 Å². The number of primary amides is 1. The van der Waals surface area contributed by atoms with E-state index in [1.165, 1.54) is 30.7 Å². The Hall–Kier alpha value is -3.43. The number of halogens is 1. The molecule has 1 saturated heterocycles. The van der Waals surface area contributed by atoms with Gasteiger partial charge in [-0.1, -0.05) is 0 Å². The normalized spacial score (nSPS) is 15.9. The van der Waals surface area contributed by atoms with Crippen LogP contribution in [0.2, 0.25) is 0 Å². The van der Waals surface area contributed by atoms with Crippen molar-refractivity contribution in [1.29, 1.82) is 0 Å². The summed E-state index contributed by atoms with van der Waals surface area (Å²) in [4.78, 5) is 36.2. The molecule has 1 aliphatic rings. The smallest absolute Gasteiger partial charge is 0.404 e. The van der Waals surface area contributed by atoms with Crippen molar-refractivity contribution < 1.29 is 23.5 Å². The molecule has 2 aromatic rings. The summed E-state index contributed by atoms with van der Waals surface area (Å²) in [5.41, 5.74) is 5.22. The van der Waals surface area contributed by atoms with Gasteiger partial charge in [-0.05, 0) is 51.8 Å². The van der Waals surface area contributed by atoms with Crippen LogP contribution in [0.3, 0.4) is 0 Å². The Morgan fingerprint density at radius 3 is 2.82 bits per heavy atom. The fourth-order valence-corrected chi connectivity index (χ4v) is 3.99. The summed E-state index contributed by atoms with van der Waals surface area (Å²) in [6.45, 7) is 7.70. The number of nitrogens with zero attached hydrogens (tertiary/aromatic N) is 4. The highest BCUT2D eigenvalue weighted by Crippen LogP contribution is 2.34. The van der Waals surface area contributed by atoms with Crippen LogP contribution < -0.4 is 15.4 Å². The second-order valence-corrected chi connectivity index (χ2v) is 8.22. The maximum atomic E-state index is 14.1. The zero-order valence-corrected chi connectivity index (χ0v) is 19.2. The lowest BCUT2D eigenvalue weighted by atomic mass is 9.99. The molecule has 2 heterocycles. The molecule has 1 aromatic heterocycles. The monoisotopic (exact) mass is 459 g/mol. The number of carbonyl (C=O) groups is 2. The summed E-state index contributed by atoms with van der Waals surface area (Å²) in [6.07, 6.45) is 3.90. The Morgan fingerprint density at radius 2 is 2.12 bits per heavy atom. The second-order valence-electron chi connectivity index (χ2n) is 8.22. The fraction of sp³-hybridized carbons (Fsp3) is 0.478. The van der Waals surface area contributed by atoms with Crippen LogP contribution in [0, 0.1) is 11.7 Å². The molecule has 1 aliphatic heterocycles. The standard InChI is InChI=1S/C23H30FN5O4/c1-4-29(15(2)3)22(30)18-10-17(24)7-8-19(18)33-20-11-26-14-27-21(20)28-9-5-6-16(12-28)13-32-23(25)31/h7-8,10-11,14-16H,4-6,9,12-13H2,1-3H3,(H2,25,31)/t16-/m0/s1. The first kappa shape index (κ1) is 24.2. The minimum atomic E-state index is -0.797. The van der Waals surface area contributed by atoms with Crippen molar-refractivity contribution in [2.24, 2.45) is 11.7 Å². The SMILES string of the molecule is CCN(C(=O)c1cc(F)ccc1Oc1cncnc1N1CCC[C@H](COC(N)=O)C1)C(C)C. The molecule has 0 radical (unpaired) electrons. The minimum Gasteiger partial charge on any atom is -0.451 e. The number of piperidine rings is 1. The Morgan fingerprint density at radius 1 is 1.33 bits per heavy atom. The Kier molecular flexibility index (Phi) is 8.02. The highest BCUT2D eigenvalue weighted by Gasteiger charge is 2.26. The molecule has 2 amide bonds. The molecule has 0 bridgehead atoms. The predicted molar refractivity (Wildman–Crippen MR) is 121 cm³/mol. The highest BCUT2D eigenvalue weighted by atomic mass is 19.1. The van der Waals surface area contributed by atoms with Crippen LogP contribution in [-0.2, 0) is 4.74 Å². The van der Waals surface area contributed by atoms with E-state index in [1.807, 2.05) is 25.7 Å². The maximum absolute atomic E-state index is 14.1. The summed E-state index contributed by atoms with van der Waals surface area (Å²) >= 11 is 0. The van der Waals surface area contributed by atoms with Crippen LogP contribution in [0.1, 0.15) is 44.0 Å². The number of anilines is 1. The van der Waals surface area contributed by atoms with Gasteiger partial charge < -0.3 is 25.0 Å². The van der Waals surface area contributed by atoms with Gasteiger partial charge in [-0.15, -0.1) is 0 Å². The van der Waals surface area contributed by atoms with Gasteiger partial charge in [-0.25, -0.2) is 19.2 Å². The van der Waals surface area contributed by atoms with E-state index >= 15 is 0 Å². The molecule has 1 aromatic carbocycles. The molecule has 3 rings (SSSR count). The molecule has 0 spiro atoms. The first-order valence-electron chi connectivity index (χ1n) is 11.1. The zero-order chi connectivity index (χ0) is 24.0. The molecular formula is C23H30FN5O4. The summed E-state index contributed by atoms with van der Waals surface area (Å²) < 4.78 is 25.1. The number of amides is 2. The first-order chi connectivity index (χ1) is 15.8. The third kappa shape index (κ3) is 6.09. The van der Waals surface area contributed by atoms with Crippen LogP contribution >= 0.6 is 0 Å². The van der Waals surface area contributed by atoms with E-state index in [0.717, 1.165) is 19.4 Å². The lowest BCUT2D eigenvalue weighted by molar-refractivity contribution is 0.0713. The number of ether oxygens (including phenoxy) is 2. The minimum absolute atomic E-state index is 0.0536. The number of hydrogen-bond donors (Lipinski definition) is 1. The lowest BCUT2D eigenvalue weighted by Crippen LogP contribution is -2.38. The molecule has 1 fully saturated rings. The van der Waals surface area contributed by atoms with Crippen molar-refractivity contribution >= 4 is 17.8 Å². The number of aromatic nitrogens is 2. The van der Waals surface area contributed by atoms with E-state index in [1.54, 1.807) is 4.90 Å². The number of hydrogen-bond acceptors (Lipinski definition) is 7. The van der Waals surface area contributed by atoms with E-state index in [4.69, 9.17) is 15.2 Å². The van der Waals surface area contributed by atoms with Crippen molar-refractivity contribution in [2.45, 2.75) is 39.7 Å². The summed E-state index contributed by atoms with van der Waals surface area (Å²) in [5, 5.41) is 0. The Labute approximate surface area is 192 Å². The zero-order valence-electron chi connectivity index (χ0n) is 19.2. The van der Waals surface area contributed by atoms with Crippen LogP contribution in [0.15, 0.2) is 30.7 Å². The number of rotatable bonds is 8. The average molecular weight is 460 g/mol. The van der Waals surface area contributed by atoms with Crippen molar-refractivity contribution in [3.63, 3.8) is 0 Å². The van der Waals surface area contributed by atoms with Gasteiger partial charge in [0.25, 0.3) is 5.91 Å². The molecule has 10 heteroatoms. The molecule has 0 aliphatic carbocycles. The fourth-order valence-electron chi connectivity index (χ4n) is 3.99. The third-order valence-corrected chi connectivity index (χ3v) is 5.56. The molecule has 178 valence electrons. The lowest BCUT2D eigenvalue weighted by Gasteiger charge is -2.33. The van der Waals surface area contributed by atoms with Crippen molar-refractivity contribution in [3.8, 4) is 11.5 Å². The van der Waals surface area contributed by atoms with Gasteiger partial charge in [-0.2, -0.15) is 0 Å². The van der Waals surface area contributed by atoms with Crippen molar-refractivity contribution in [1.82, 2.24) is 14.9 Å². The largest absolute Gasteiger partial charge is 0.451 e. The van der Waals surface area contributed by atoms with Crippen molar-refractivity contribution in [2.75, 3.05) is 31.1 Å². The summed E-state index contributed by atoms with van der Waals surface area (Å²) in [7, 11) is 0. The van der Waals surface area contributed by atoms with Gasteiger partial charge in [0.1, 0.15) is 17.9 Å². The van der Waals surface area contributed by atoms with Crippen molar-refractivity contribution in [3.05, 3.63) is 42.1 Å². The topological polar surface area (TPSA) is 111 Å². The van der Waals surface area contributed by atoms with E-state index < -0.39 is 11.9 Å². The Bertz CT molecular complexity index is 987. The van der Waals surface area contributed by atoms with Crippen LogP contribution in [0.25, 0.3) is 0 Å². The average Bonchev–Trinajstić information content (AvgIpc) is 2.79. The van der Waals surface area contributed by atoms with E-state index in [-0.39, 0.29) is 35.8 Å². The Balaban J connectivity index is 1.87. The number of carbonyl (C=O) groups excluding carboxylic acids is 2. The number of nitrogens with two attached hydrogens (primary N) is 1. The predicted octanol–water partition coefficient (Wildman–Crippen LogP) is 3.59. The molecular weight excluding hydrogens is 429 g/mol. The molecule has 0 saturated carbocycles. The second kappa shape index (κ2) is 10.9. The molecule has 0 unspecified atom stereocenters. The number of benzene rings is 1.